The number of fused-ring (bicyclic) bond motifs is 1. The molecule has 3 aromatic rings. The Kier molecular flexibility index (Phi) is 5.81. The minimum atomic E-state index is -4.65. The third-order valence-corrected chi connectivity index (χ3v) is 4.66. The molecule has 5 nitrogen and oxygen atoms in total. The number of imidazole rings is 1. The van der Waals surface area contributed by atoms with Crippen LogP contribution in [0.15, 0.2) is 48.5 Å². The SMILES string of the molecule is CCN(c1ccc(NC(=O)Cn2c(C(F)(F)F)nc3ccccc32)cc1)C(C)C. The van der Waals surface area contributed by atoms with Gasteiger partial charge < -0.3 is 14.8 Å². The van der Waals surface area contributed by atoms with Crippen molar-refractivity contribution in [1.82, 2.24) is 9.55 Å². The molecule has 0 radical (unpaired) electrons. The zero-order chi connectivity index (χ0) is 21.2. The molecule has 1 N–H and O–H groups in total. The molecule has 0 spiro atoms. The zero-order valence-corrected chi connectivity index (χ0v) is 16.5. The standard InChI is InChI=1S/C21H23F3N4O/c1-4-27(14(2)3)16-11-9-15(10-12-16)25-19(29)13-28-18-8-6-5-7-17(18)26-20(28)21(22,23)24/h5-12,14H,4,13H2,1-3H3,(H,25,29). The summed E-state index contributed by atoms with van der Waals surface area (Å²) in [6.45, 7) is 6.60. The first kappa shape index (κ1) is 20.7. The van der Waals surface area contributed by atoms with Crippen molar-refractivity contribution in [2.24, 2.45) is 0 Å². The second-order valence-corrected chi connectivity index (χ2v) is 6.98. The van der Waals surface area contributed by atoms with Gasteiger partial charge in [-0.3, -0.25) is 4.79 Å². The van der Waals surface area contributed by atoms with Gasteiger partial charge >= 0.3 is 6.18 Å². The van der Waals surface area contributed by atoms with Crippen molar-refractivity contribution in [1.29, 1.82) is 0 Å². The largest absolute Gasteiger partial charge is 0.449 e. The maximum Gasteiger partial charge on any atom is 0.449 e. The third-order valence-electron chi connectivity index (χ3n) is 4.66. The number of nitrogens with zero attached hydrogens (tertiary/aromatic N) is 3. The first-order valence-corrected chi connectivity index (χ1v) is 9.39. The number of aromatic nitrogens is 2. The Morgan fingerprint density at radius 2 is 1.79 bits per heavy atom. The van der Waals surface area contributed by atoms with Gasteiger partial charge in [-0.25, -0.2) is 4.98 Å². The summed E-state index contributed by atoms with van der Waals surface area (Å²) < 4.78 is 41.0. The lowest BCUT2D eigenvalue weighted by Crippen LogP contribution is -2.30. The van der Waals surface area contributed by atoms with Gasteiger partial charge in [0.2, 0.25) is 11.7 Å². The second-order valence-electron chi connectivity index (χ2n) is 6.98. The number of nitrogens with one attached hydrogen (secondary N) is 1. The molecule has 0 fully saturated rings. The third kappa shape index (κ3) is 4.52. The number of anilines is 2. The monoisotopic (exact) mass is 404 g/mol. The summed E-state index contributed by atoms with van der Waals surface area (Å²) in [5, 5.41) is 2.66. The number of para-hydroxylation sites is 2. The topological polar surface area (TPSA) is 50.2 Å². The summed E-state index contributed by atoms with van der Waals surface area (Å²) >= 11 is 0. The number of halogens is 3. The molecule has 0 unspecified atom stereocenters. The van der Waals surface area contributed by atoms with Gasteiger partial charge in [-0.05, 0) is 57.2 Å². The number of alkyl halides is 3. The minimum Gasteiger partial charge on any atom is -0.369 e. The van der Waals surface area contributed by atoms with Crippen LogP contribution in [-0.2, 0) is 17.5 Å². The molecular formula is C21H23F3N4O. The zero-order valence-electron chi connectivity index (χ0n) is 16.5. The van der Waals surface area contributed by atoms with Crippen molar-refractivity contribution in [2.45, 2.75) is 39.5 Å². The lowest BCUT2D eigenvalue weighted by Gasteiger charge is -2.27. The predicted octanol–water partition coefficient (Wildman–Crippen LogP) is 4.93. The molecule has 1 heterocycles. The van der Waals surface area contributed by atoms with Crippen LogP contribution in [-0.4, -0.2) is 28.0 Å². The molecule has 8 heteroatoms. The molecule has 0 aliphatic carbocycles. The Morgan fingerprint density at radius 1 is 1.14 bits per heavy atom. The number of carbonyl (C=O) groups excluding carboxylic acids is 1. The van der Waals surface area contributed by atoms with Crippen LogP contribution in [0, 0.1) is 0 Å². The molecule has 0 atom stereocenters. The second kappa shape index (κ2) is 8.14. The van der Waals surface area contributed by atoms with Crippen LogP contribution in [0.4, 0.5) is 24.5 Å². The maximum absolute atomic E-state index is 13.4. The van der Waals surface area contributed by atoms with Crippen LogP contribution in [0.25, 0.3) is 11.0 Å². The van der Waals surface area contributed by atoms with Crippen molar-refractivity contribution in [3.05, 3.63) is 54.4 Å². The van der Waals surface area contributed by atoms with Crippen LogP contribution < -0.4 is 10.2 Å². The molecule has 0 saturated heterocycles. The number of hydrogen-bond acceptors (Lipinski definition) is 3. The van der Waals surface area contributed by atoms with Crippen LogP contribution in [0.5, 0.6) is 0 Å². The molecule has 3 rings (SSSR count). The van der Waals surface area contributed by atoms with E-state index in [4.69, 9.17) is 0 Å². The van der Waals surface area contributed by atoms with Gasteiger partial charge in [0.15, 0.2) is 0 Å². The summed E-state index contributed by atoms with van der Waals surface area (Å²) in [4.78, 5) is 18.3. The Morgan fingerprint density at radius 3 is 2.38 bits per heavy atom. The van der Waals surface area contributed by atoms with E-state index in [1.54, 1.807) is 24.3 Å². The highest BCUT2D eigenvalue weighted by Crippen LogP contribution is 2.31. The van der Waals surface area contributed by atoms with Gasteiger partial charge in [0.25, 0.3) is 0 Å². The molecule has 0 bridgehead atoms. The smallest absolute Gasteiger partial charge is 0.369 e. The Balaban J connectivity index is 1.80. The van der Waals surface area contributed by atoms with Gasteiger partial charge in [-0.1, -0.05) is 12.1 Å². The van der Waals surface area contributed by atoms with Gasteiger partial charge in [0.1, 0.15) is 6.54 Å². The van der Waals surface area contributed by atoms with E-state index >= 15 is 0 Å². The van der Waals surface area contributed by atoms with Gasteiger partial charge in [0, 0.05) is 24.0 Å². The summed E-state index contributed by atoms with van der Waals surface area (Å²) in [6, 6.07) is 13.8. The molecule has 2 aromatic carbocycles. The highest BCUT2D eigenvalue weighted by atomic mass is 19.4. The predicted molar refractivity (Wildman–Crippen MR) is 108 cm³/mol. The van der Waals surface area contributed by atoms with E-state index in [-0.39, 0.29) is 11.0 Å². The molecular weight excluding hydrogens is 381 g/mol. The van der Waals surface area contributed by atoms with Crippen LogP contribution >= 0.6 is 0 Å². The normalized spacial score (nSPS) is 11.8. The molecule has 0 saturated carbocycles. The van der Waals surface area contributed by atoms with E-state index in [2.05, 4.69) is 36.0 Å². The van der Waals surface area contributed by atoms with E-state index in [1.165, 1.54) is 12.1 Å². The van der Waals surface area contributed by atoms with E-state index in [0.29, 0.717) is 11.7 Å². The van der Waals surface area contributed by atoms with Crippen molar-refractivity contribution in [3.8, 4) is 0 Å². The molecule has 0 aliphatic heterocycles. The number of rotatable bonds is 6. The van der Waals surface area contributed by atoms with Crippen molar-refractivity contribution < 1.29 is 18.0 Å². The quantitative estimate of drug-likeness (QED) is 0.634. The van der Waals surface area contributed by atoms with Crippen molar-refractivity contribution in [2.75, 3.05) is 16.8 Å². The van der Waals surface area contributed by atoms with Crippen LogP contribution in [0.2, 0.25) is 0 Å². The molecule has 0 aliphatic rings. The average Bonchev–Trinajstić information content (AvgIpc) is 3.02. The number of carbonyl (C=O) groups is 1. The Labute approximate surface area is 167 Å². The average molecular weight is 404 g/mol. The Hall–Kier alpha value is -3.03. The highest BCUT2D eigenvalue weighted by Gasteiger charge is 2.38. The van der Waals surface area contributed by atoms with E-state index in [0.717, 1.165) is 16.8 Å². The van der Waals surface area contributed by atoms with Crippen LogP contribution in [0.1, 0.15) is 26.6 Å². The maximum atomic E-state index is 13.4. The Bertz CT molecular complexity index is 993. The van der Waals surface area contributed by atoms with E-state index < -0.39 is 24.5 Å². The van der Waals surface area contributed by atoms with Gasteiger partial charge in [0.05, 0.1) is 11.0 Å². The molecule has 154 valence electrons. The first-order chi connectivity index (χ1) is 13.7. The minimum absolute atomic E-state index is 0.199. The fourth-order valence-electron chi connectivity index (χ4n) is 3.38. The van der Waals surface area contributed by atoms with Gasteiger partial charge in [-0.2, -0.15) is 13.2 Å². The molecule has 29 heavy (non-hydrogen) atoms. The first-order valence-electron chi connectivity index (χ1n) is 9.39. The number of hydrogen-bond donors (Lipinski definition) is 1. The van der Waals surface area contributed by atoms with Crippen molar-refractivity contribution in [3.63, 3.8) is 0 Å². The lowest BCUT2D eigenvalue weighted by atomic mass is 10.2. The number of benzene rings is 2. The van der Waals surface area contributed by atoms with E-state index in [9.17, 15) is 18.0 Å². The van der Waals surface area contributed by atoms with Gasteiger partial charge in [-0.15, -0.1) is 0 Å². The van der Waals surface area contributed by atoms with E-state index in [1.807, 2.05) is 12.1 Å². The number of amides is 1. The fourth-order valence-corrected chi connectivity index (χ4v) is 3.38. The summed E-state index contributed by atoms with van der Waals surface area (Å²) in [5.74, 6) is -1.64. The molecule has 1 amide bonds. The summed E-state index contributed by atoms with van der Waals surface area (Å²) in [7, 11) is 0. The molecule has 1 aromatic heterocycles. The summed E-state index contributed by atoms with van der Waals surface area (Å²) in [6.07, 6.45) is -4.65. The van der Waals surface area contributed by atoms with Crippen molar-refractivity contribution >= 4 is 28.3 Å². The fraction of sp³-hybridized carbons (Fsp3) is 0.333. The highest BCUT2D eigenvalue weighted by molar-refractivity contribution is 5.92. The summed E-state index contributed by atoms with van der Waals surface area (Å²) in [5.41, 5.74) is 2.00. The lowest BCUT2D eigenvalue weighted by molar-refractivity contribution is -0.147. The van der Waals surface area contributed by atoms with Crippen LogP contribution in [0.3, 0.4) is 0 Å².